The van der Waals surface area contributed by atoms with Gasteiger partial charge in [0.1, 0.15) is 5.82 Å². The second-order valence-corrected chi connectivity index (χ2v) is 4.18. The number of thiophene rings is 1. The maximum atomic E-state index is 10.7. The van der Waals surface area contributed by atoms with Crippen LogP contribution in [0.1, 0.15) is 15.4 Å². The van der Waals surface area contributed by atoms with Gasteiger partial charge in [0, 0.05) is 4.88 Å². The number of anilines is 1. The van der Waals surface area contributed by atoms with Crippen molar-refractivity contribution in [1.82, 2.24) is 4.98 Å². The molecule has 0 spiro atoms. The lowest BCUT2D eigenvalue weighted by molar-refractivity contribution is 0.0690. The molecule has 16 heavy (non-hydrogen) atoms. The lowest BCUT2D eigenvalue weighted by Gasteiger charge is -2.04. The van der Waals surface area contributed by atoms with Gasteiger partial charge in [-0.15, -0.1) is 11.3 Å². The van der Waals surface area contributed by atoms with Crippen LogP contribution in [0.25, 0.3) is 0 Å². The van der Waals surface area contributed by atoms with Crippen LogP contribution in [-0.4, -0.2) is 16.1 Å². The number of carboxylic acid groups (broad SMARTS) is 1. The Kier molecular flexibility index (Phi) is 3.16. The number of pyridine rings is 1. The predicted octanol–water partition coefficient (Wildman–Crippen LogP) is 2.45. The highest BCUT2D eigenvalue weighted by atomic mass is 32.1. The summed E-state index contributed by atoms with van der Waals surface area (Å²) in [7, 11) is 0. The van der Waals surface area contributed by atoms with Crippen molar-refractivity contribution in [2.75, 3.05) is 5.32 Å². The van der Waals surface area contributed by atoms with E-state index in [0.29, 0.717) is 12.4 Å². The SMILES string of the molecule is O=C(O)c1cccc(NCc2cccs2)n1. The number of rotatable bonds is 4. The highest BCUT2D eigenvalue weighted by Crippen LogP contribution is 2.11. The smallest absolute Gasteiger partial charge is 0.354 e. The molecule has 0 amide bonds. The van der Waals surface area contributed by atoms with E-state index in [4.69, 9.17) is 5.11 Å². The van der Waals surface area contributed by atoms with Crippen molar-refractivity contribution in [3.63, 3.8) is 0 Å². The Balaban J connectivity index is 2.04. The van der Waals surface area contributed by atoms with Crippen LogP contribution in [0.4, 0.5) is 5.82 Å². The number of hydrogen-bond acceptors (Lipinski definition) is 4. The molecule has 0 bridgehead atoms. The van der Waals surface area contributed by atoms with E-state index in [1.165, 1.54) is 10.9 Å². The van der Waals surface area contributed by atoms with Crippen molar-refractivity contribution in [2.24, 2.45) is 0 Å². The Hall–Kier alpha value is -1.88. The average molecular weight is 234 g/mol. The van der Waals surface area contributed by atoms with Crippen LogP contribution in [0.2, 0.25) is 0 Å². The van der Waals surface area contributed by atoms with Crippen LogP contribution < -0.4 is 5.32 Å². The van der Waals surface area contributed by atoms with Gasteiger partial charge >= 0.3 is 5.97 Å². The third kappa shape index (κ3) is 2.58. The Morgan fingerprint density at radius 1 is 1.38 bits per heavy atom. The summed E-state index contributed by atoms with van der Waals surface area (Å²) >= 11 is 1.65. The summed E-state index contributed by atoms with van der Waals surface area (Å²) in [5, 5.41) is 13.8. The second-order valence-electron chi connectivity index (χ2n) is 3.15. The van der Waals surface area contributed by atoms with Gasteiger partial charge in [-0.1, -0.05) is 12.1 Å². The van der Waals surface area contributed by atoms with E-state index in [2.05, 4.69) is 10.3 Å². The Morgan fingerprint density at radius 2 is 2.25 bits per heavy atom. The van der Waals surface area contributed by atoms with Crippen molar-refractivity contribution >= 4 is 23.1 Å². The van der Waals surface area contributed by atoms with Crippen LogP contribution in [0.15, 0.2) is 35.7 Å². The Labute approximate surface area is 96.6 Å². The predicted molar refractivity (Wildman–Crippen MR) is 62.8 cm³/mol. The molecule has 0 unspecified atom stereocenters. The van der Waals surface area contributed by atoms with Crippen molar-refractivity contribution < 1.29 is 9.90 Å². The number of nitrogens with zero attached hydrogens (tertiary/aromatic N) is 1. The minimum atomic E-state index is -1.01. The zero-order valence-corrected chi connectivity index (χ0v) is 9.20. The molecule has 4 nitrogen and oxygen atoms in total. The molecule has 0 aliphatic carbocycles. The first kappa shape index (κ1) is 10.6. The normalized spacial score (nSPS) is 10.0. The molecule has 2 aromatic rings. The Bertz CT molecular complexity index is 482. The third-order valence-corrected chi connectivity index (χ3v) is 2.87. The maximum absolute atomic E-state index is 10.7. The number of hydrogen-bond donors (Lipinski definition) is 2. The number of carboxylic acids is 1. The minimum Gasteiger partial charge on any atom is -0.477 e. The molecule has 0 saturated heterocycles. The van der Waals surface area contributed by atoms with Crippen molar-refractivity contribution in [1.29, 1.82) is 0 Å². The van der Waals surface area contributed by atoms with E-state index >= 15 is 0 Å². The minimum absolute atomic E-state index is 0.0520. The lowest BCUT2D eigenvalue weighted by Crippen LogP contribution is -2.04. The summed E-state index contributed by atoms with van der Waals surface area (Å²) in [4.78, 5) is 15.8. The molecule has 0 fully saturated rings. The fraction of sp³-hybridized carbons (Fsp3) is 0.0909. The highest BCUT2D eigenvalue weighted by Gasteiger charge is 2.04. The number of carbonyl (C=O) groups is 1. The molecule has 0 radical (unpaired) electrons. The Morgan fingerprint density at radius 3 is 2.94 bits per heavy atom. The molecule has 5 heteroatoms. The first-order valence-corrected chi connectivity index (χ1v) is 5.60. The van der Waals surface area contributed by atoms with E-state index in [1.54, 1.807) is 23.5 Å². The molecule has 2 N–H and O–H groups in total. The van der Waals surface area contributed by atoms with E-state index in [9.17, 15) is 4.79 Å². The first-order chi connectivity index (χ1) is 7.75. The van der Waals surface area contributed by atoms with Gasteiger partial charge in [-0.2, -0.15) is 0 Å². The largest absolute Gasteiger partial charge is 0.477 e. The summed E-state index contributed by atoms with van der Waals surface area (Å²) in [6, 6.07) is 8.88. The zero-order chi connectivity index (χ0) is 11.4. The van der Waals surface area contributed by atoms with Crippen molar-refractivity contribution in [2.45, 2.75) is 6.54 Å². The third-order valence-electron chi connectivity index (χ3n) is 1.99. The van der Waals surface area contributed by atoms with Crippen LogP contribution in [0, 0.1) is 0 Å². The van der Waals surface area contributed by atoms with Crippen LogP contribution in [0.5, 0.6) is 0 Å². The summed E-state index contributed by atoms with van der Waals surface area (Å²) in [6.07, 6.45) is 0. The van der Waals surface area contributed by atoms with Gasteiger partial charge in [0.05, 0.1) is 6.54 Å². The molecule has 2 rings (SSSR count). The summed E-state index contributed by atoms with van der Waals surface area (Å²) in [5.41, 5.74) is 0.0520. The maximum Gasteiger partial charge on any atom is 0.354 e. The van der Waals surface area contributed by atoms with E-state index < -0.39 is 5.97 Å². The van der Waals surface area contributed by atoms with Gasteiger partial charge < -0.3 is 10.4 Å². The summed E-state index contributed by atoms with van der Waals surface area (Å²) < 4.78 is 0. The van der Waals surface area contributed by atoms with E-state index in [0.717, 1.165) is 0 Å². The highest BCUT2D eigenvalue weighted by molar-refractivity contribution is 7.09. The molecular formula is C11H10N2O2S. The fourth-order valence-corrected chi connectivity index (χ4v) is 1.89. The van der Waals surface area contributed by atoms with Crippen molar-refractivity contribution in [3.05, 3.63) is 46.3 Å². The molecule has 0 aromatic carbocycles. The molecule has 2 heterocycles. The lowest BCUT2D eigenvalue weighted by atomic mass is 10.3. The van der Waals surface area contributed by atoms with Gasteiger partial charge in [0.2, 0.25) is 0 Å². The van der Waals surface area contributed by atoms with Crippen LogP contribution in [0.3, 0.4) is 0 Å². The van der Waals surface area contributed by atoms with Gasteiger partial charge in [0.25, 0.3) is 0 Å². The van der Waals surface area contributed by atoms with E-state index in [1.807, 2.05) is 17.5 Å². The number of aromatic nitrogens is 1. The first-order valence-electron chi connectivity index (χ1n) is 4.72. The van der Waals surface area contributed by atoms with Crippen LogP contribution >= 0.6 is 11.3 Å². The average Bonchev–Trinajstić information content (AvgIpc) is 2.79. The van der Waals surface area contributed by atoms with Gasteiger partial charge in [0.15, 0.2) is 5.69 Å². The molecule has 0 aliphatic heterocycles. The van der Waals surface area contributed by atoms with Crippen molar-refractivity contribution in [3.8, 4) is 0 Å². The van der Waals surface area contributed by atoms with Gasteiger partial charge in [-0.25, -0.2) is 9.78 Å². The molecule has 0 saturated carbocycles. The molecular weight excluding hydrogens is 224 g/mol. The fourth-order valence-electron chi connectivity index (χ4n) is 1.24. The van der Waals surface area contributed by atoms with Gasteiger partial charge in [-0.3, -0.25) is 0 Å². The number of nitrogens with one attached hydrogen (secondary N) is 1. The molecule has 0 atom stereocenters. The molecule has 0 aliphatic rings. The topological polar surface area (TPSA) is 62.2 Å². The zero-order valence-electron chi connectivity index (χ0n) is 8.38. The summed E-state index contributed by atoms with van der Waals surface area (Å²) in [5.74, 6) is -0.437. The van der Waals surface area contributed by atoms with Gasteiger partial charge in [-0.05, 0) is 23.6 Å². The summed E-state index contributed by atoms with van der Waals surface area (Å²) in [6.45, 7) is 0.660. The van der Waals surface area contributed by atoms with E-state index in [-0.39, 0.29) is 5.69 Å². The quantitative estimate of drug-likeness (QED) is 0.853. The molecule has 82 valence electrons. The second kappa shape index (κ2) is 4.76. The number of aromatic carboxylic acids is 1. The molecule has 2 aromatic heterocycles. The van der Waals surface area contributed by atoms with Crippen LogP contribution in [-0.2, 0) is 6.54 Å². The standard InChI is InChI=1S/C11H10N2O2S/c14-11(15)9-4-1-5-10(13-9)12-7-8-3-2-6-16-8/h1-6H,7H2,(H,12,13)(H,14,15). The monoisotopic (exact) mass is 234 g/mol.